The molecule has 0 unspecified atom stereocenters. The van der Waals surface area contributed by atoms with Crippen LogP contribution >= 0.6 is 0 Å². The molecule has 2 aromatic carbocycles. The van der Waals surface area contributed by atoms with Crippen LogP contribution in [-0.4, -0.2) is 48.9 Å². The summed E-state index contributed by atoms with van der Waals surface area (Å²) in [6.45, 7) is 1.49. The number of piperazine rings is 1. The van der Waals surface area contributed by atoms with Gasteiger partial charge >= 0.3 is 0 Å². The van der Waals surface area contributed by atoms with E-state index in [-0.39, 0.29) is 17.8 Å². The molecule has 3 rings (SSSR count). The molecule has 1 aliphatic rings. The Kier molecular flexibility index (Phi) is 6.06. The Balaban J connectivity index is 1.72. The summed E-state index contributed by atoms with van der Waals surface area (Å²) in [6.07, 6.45) is 1.73. The van der Waals surface area contributed by atoms with Crippen LogP contribution < -0.4 is 4.74 Å². The number of hydrogen-bond donors (Lipinski definition) is 0. The molecule has 0 saturated carbocycles. The van der Waals surface area contributed by atoms with E-state index in [1.54, 1.807) is 24.1 Å². The fourth-order valence-electron chi connectivity index (χ4n) is 3.36. The van der Waals surface area contributed by atoms with Gasteiger partial charge in [-0.3, -0.25) is 9.59 Å². The van der Waals surface area contributed by atoms with Gasteiger partial charge in [0.25, 0.3) is 0 Å². The average Bonchev–Trinajstić information content (AvgIpc) is 2.72. The number of nitrogens with zero attached hydrogens (tertiary/aromatic N) is 2. The molecule has 0 radical (unpaired) electrons. The van der Waals surface area contributed by atoms with Crippen LogP contribution in [0.2, 0.25) is 0 Å². The van der Waals surface area contributed by atoms with Gasteiger partial charge in [-0.05, 0) is 41.8 Å². The van der Waals surface area contributed by atoms with Gasteiger partial charge in [0.05, 0.1) is 13.2 Å². The van der Waals surface area contributed by atoms with E-state index in [9.17, 15) is 14.0 Å². The summed E-state index contributed by atoms with van der Waals surface area (Å²) in [5, 5.41) is 0. The number of methoxy groups -OCH3 is 1. The molecule has 0 N–H and O–H groups in total. The third-order valence-electron chi connectivity index (χ3n) is 4.92. The average molecular weight is 370 g/mol. The van der Waals surface area contributed by atoms with Crippen molar-refractivity contribution in [1.82, 2.24) is 9.80 Å². The highest BCUT2D eigenvalue weighted by Crippen LogP contribution is 2.27. The first-order valence-corrected chi connectivity index (χ1v) is 8.98. The van der Waals surface area contributed by atoms with Crippen molar-refractivity contribution in [2.75, 3.05) is 26.7 Å². The molecule has 2 amide bonds. The van der Waals surface area contributed by atoms with Crippen molar-refractivity contribution in [1.29, 1.82) is 0 Å². The van der Waals surface area contributed by atoms with E-state index in [4.69, 9.17) is 4.74 Å². The predicted molar refractivity (Wildman–Crippen MR) is 99.8 cm³/mol. The summed E-state index contributed by atoms with van der Waals surface area (Å²) in [4.78, 5) is 27.6. The normalized spacial score (nSPS) is 16.9. The number of carbonyl (C=O) groups excluding carboxylic acids is 2. The first-order valence-electron chi connectivity index (χ1n) is 8.98. The highest BCUT2D eigenvalue weighted by atomic mass is 19.1. The zero-order chi connectivity index (χ0) is 19.2. The summed E-state index contributed by atoms with van der Waals surface area (Å²) in [5.74, 6) is 0.497. The van der Waals surface area contributed by atoms with Gasteiger partial charge in [-0.15, -0.1) is 0 Å². The quantitative estimate of drug-likeness (QED) is 0.735. The topological polar surface area (TPSA) is 49.9 Å². The second kappa shape index (κ2) is 8.66. The largest absolute Gasteiger partial charge is 0.497 e. The van der Waals surface area contributed by atoms with Gasteiger partial charge in [-0.2, -0.15) is 0 Å². The minimum atomic E-state index is -0.283. The third-order valence-corrected chi connectivity index (χ3v) is 4.92. The Morgan fingerprint density at radius 3 is 2.48 bits per heavy atom. The molecule has 0 spiro atoms. The molecule has 5 nitrogen and oxygen atoms in total. The Hall–Kier alpha value is -2.89. The van der Waals surface area contributed by atoms with E-state index >= 15 is 0 Å². The highest BCUT2D eigenvalue weighted by Gasteiger charge is 2.30. The third kappa shape index (κ3) is 4.64. The summed E-state index contributed by atoms with van der Waals surface area (Å²) < 4.78 is 18.2. The Morgan fingerprint density at radius 2 is 1.85 bits per heavy atom. The maximum atomic E-state index is 13.0. The van der Waals surface area contributed by atoms with Gasteiger partial charge in [0.2, 0.25) is 12.3 Å². The van der Waals surface area contributed by atoms with Gasteiger partial charge in [-0.1, -0.05) is 24.3 Å². The molecule has 1 atom stereocenters. The van der Waals surface area contributed by atoms with E-state index < -0.39 is 0 Å². The fraction of sp³-hybridized carbons (Fsp3) is 0.333. The molecular formula is C21H23FN2O3. The number of rotatable bonds is 6. The van der Waals surface area contributed by atoms with Crippen LogP contribution in [0.4, 0.5) is 4.39 Å². The molecule has 0 bridgehead atoms. The number of ether oxygens (including phenoxy) is 1. The number of halogens is 1. The van der Waals surface area contributed by atoms with E-state index in [0.29, 0.717) is 32.5 Å². The van der Waals surface area contributed by atoms with Crippen LogP contribution in [0.5, 0.6) is 5.75 Å². The number of hydrogen-bond acceptors (Lipinski definition) is 3. The van der Waals surface area contributed by atoms with Crippen molar-refractivity contribution in [3.8, 4) is 5.75 Å². The monoisotopic (exact) mass is 370 g/mol. The first-order chi connectivity index (χ1) is 13.1. The zero-order valence-electron chi connectivity index (χ0n) is 15.3. The van der Waals surface area contributed by atoms with Crippen LogP contribution in [0, 0.1) is 5.82 Å². The maximum Gasteiger partial charge on any atom is 0.223 e. The Labute approximate surface area is 158 Å². The lowest BCUT2D eigenvalue weighted by atomic mass is 10.0. The van der Waals surface area contributed by atoms with Crippen LogP contribution in [0.1, 0.15) is 23.6 Å². The minimum Gasteiger partial charge on any atom is -0.497 e. The van der Waals surface area contributed by atoms with E-state index in [1.807, 2.05) is 29.2 Å². The van der Waals surface area contributed by atoms with Crippen molar-refractivity contribution < 1.29 is 18.7 Å². The molecular weight excluding hydrogens is 347 g/mol. The molecule has 142 valence electrons. The van der Waals surface area contributed by atoms with Crippen molar-refractivity contribution >= 4 is 12.3 Å². The van der Waals surface area contributed by atoms with E-state index in [0.717, 1.165) is 23.3 Å². The molecule has 1 heterocycles. The summed E-state index contributed by atoms with van der Waals surface area (Å²) in [7, 11) is 1.61. The van der Waals surface area contributed by atoms with Gasteiger partial charge in [0, 0.05) is 26.1 Å². The minimum absolute atomic E-state index is 0.0330. The maximum absolute atomic E-state index is 13.0. The number of carbonyl (C=O) groups is 2. The van der Waals surface area contributed by atoms with Crippen molar-refractivity contribution in [3.05, 3.63) is 65.5 Å². The molecule has 1 saturated heterocycles. The number of aryl methyl sites for hydroxylation is 1. The molecule has 27 heavy (non-hydrogen) atoms. The molecule has 6 heteroatoms. The van der Waals surface area contributed by atoms with Crippen LogP contribution in [0.25, 0.3) is 0 Å². The second-order valence-corrected chi connectivity index (χ2v) is 6.60. The molecule has 0 aliphatic carbocycles. The highest BCUT2D eigenvalue weighted by molar-refractivity contribution is 5.77. The summed E-state index contributed by atoms with van der Waals surface area (Å²) >= 11 is 0. The van der Waals surface area contributed by atoms with Crippen LogP contribution in [0.15, 0.2) is 48.5 Å². The summed E-state index contributed by atoms with van der Waals surface area (Å²) in [5.41, 5.74) is 1.90. The molecule has 0 aromatic heterocycles. The van der Waals surface area contributed by atoms with Crippen molar-refractivity contribution in [2.24, 2.45) is 0 Å². The lowest BCUT2D eigenvalue weighted by Gasteiger charge is -2.40. The van der Waals surface area contributed by atoms with E-state index in [2.05, 4.69) is 0 Å². The lowest BCUT2D eigenvalue weighted by Crippen LogP contribution is -2.50. The van der Waals surface area contributed by atoms with Crippen molar-refractivity contribution in [3.63, 3.8) is 0 Å². The van der Waals surface area contributed by atoms with Gasteiger partial charge in [0.15, 0.2) is 0 Å². The predicted octanol–water partition coefficient (Wildman–Crippen LogP) is 2.81. The second-order valence-electron chi connectivity index (χ2n) is 6.60. The number of amides is 2. The smallest absolute Gasteiger partial charge is 0.223 e. The Morgan fingerprint density at radius 1 is 1.15 bits per heavy atom. The van der Waals surface area contributed by atoms with Crippen molar-refractivity contribution in [2.45, 2.75) is 18.9 Å². The van der Waals surface area contributed by atoms with Crippen LogP contribution in [-0.2, 0) is 16.0 Å². The molecule has 1 fully saturated rings. The molecule has 1 aliphatic heterocycles. The SMILES string of the molecule is COc1ccc([C@H]2CN(C=O)CCN2C(=O)CCc2ccc(F)cc2)cc1. The summed E-state index contributed by atoms with van der Waals surface area (Å²) in [6, 6.07) is 13.6. The van der Waals surface area contributed by atoms with Crippen LogP contribution in [0.3, 0.4) is 0 Å². The molecule has 2 aromatic rings. The van der Waals surface area contributed by atoms with Gasteiger partial charge in [0.1, 0.15) is 11.6 Å². The first kappa shape index (κ1) is 18.9. The van der Waals surface area contributed by atoms with Gasteiger partial charge < -0.3 is 14.5 Å². The standard InChI is InChI=1S/C21H23FN2O3/c1-27-19-9-5-17(6-10-19)20-14-23(15-25)12-13-24(20)21(26)11-4-16-2-7-18(22)8-3-16/h2-3,5-10,15,20H,4,11-14H2,1H3/t20-/m1/s1. The Bertz CT molecular complexity index is 777. The fourth-order valence-corrected chi connectivity index (χ4v) is 3.36. The van der Waals surface area contributed by atoms with E-state index in [1.165, 1.54) is 12.1 Å². The van der Waals surface area contributed by atoms with Gasteiger partial charge in [-0.25, -0.2) is 4.39 Å². The lowest BCUT2D eigenvalue weighted by molar-refractivity contribution is -0.139. The zero-order valence-corrected chi connectivity index (χ0v) is 15.3. The number of benzene rings is 2.